The minimum absolute atomic E-state index is 0.0523. The van der Waals surface area contributed by atoms with E-state index >= 15 is 0 Å². The van der Waals surface area contributed by atoms with Crippen LogP contribution in [0.3, 0.4) is 0 Å². The molecule has 1 fully saturated rings. The first kappa shape index (κ1) is 10.9. The maximum atomic E-state index is 11.2. The number of carbonyl (C=O) groups is 1. The fourth-order valence-electron chi connectivity index (χ4n) is 1.91. The summed E-state index contributed by atoms with van der Waals surface area (Å²) in [7, 11) is 1.42. The van der Waals surface area contributed by atoms with Crippen molar-refractivity contribution >= 4 is 12.0 Å². The van der Waals surface area contributed by atoms with E-state index in [0.29, 0.717) is 12.5 Å². The van der Waals surface area contributed by atoms with Gasteiger partial charge in [0.05, 0.1) is 19.6 Å². The lowest BCUT2D eigenvalue weighted by atomic mass is 9.82. The van der Waals surface area contributed by atoms with Gasteiger partial charge in [-0.05, 0) is 31.6 Å². The summed E-state index contributed by atoms with van der Waals surface area (Å²) in [5, 5.41) is 0. The van der Waals surface area contributed by atoms with E-state index in [9.17, 15) is 9.59 Å². The molecule has 0 aliphatic heterocycles. The molecule has 0 N–H and O–H groups in total. The van der Waals surface area contributed by atoms with Crippen molar-refractivity contribution in [3.05, 3.63) is 0 Å². The van der Waals surface area contributed by atoms with E-state index in [1.165, 1.54) is 7.11 Å². The summed E-state index contributed by atoms with van der Waals surface area (Å²) in [5.41, 5.74) is 0. The Bertz CT molecular complexity index is 238. The van der Waals surface area contributed by atoms with Gasteiger partial charge in [-0.2, -0.15) is 0 Å². The summed E-state index contributed by atoms with van der Waals surface area (Å²) in [6.07, 6.45) is 5.15. The second-order valence-corrected chi connectivity index (χ2v) is 3.67. The lowest BCUT2D eigenvalue weighted by Crippen LogP contribution is -2.23. The molecule has 0 saturated heterocycles. The van der Waals surface area contributed by atoms with E-state index in [4.69, 9.17) is 0 Å². The highest BCUT2D eigenvalue weighted by Crippen LogP contribution is 2.29. The molecule has 0 bridgehead atoms. The van der Waals surface area contributed by atoms with Crippen LogP contribution in [0.25, 0.3) is 0 Å². The molecule has 0 amide bonds. The Labute approximate surface area is 83.3 Å². The Morgan fingerprint density at radius 2 is 2.07 bits per heavy atom. The Morgan fingerprint density at radius 1 is 1.43 bits per heavy atom. The molecule has 0 spiro atoms. The van der Waals surface area contributed by atoms with Crippen LogP contribution in [-0.4, -0.2) is 25.7 Å². The van der Waals surface area contributed by atoms with Gasteiger partial charge in [-0.15, -0.1) is 0 Å². The zero-order chi connectivity index (χ0) is 10.4. The van der Waals surface area contributed by atoms with Crippen LogP contribution in [0.15, 0.2) is 4.99 Å². The number of nitrogens with zero attached hydrogens (tertiary/aromatic N) is 1. The molecule has 78 valence electrons. The minimum atomic E-state index is -0.109. The number of aliphatic imine (C=N–C) groups is 1. The first-order valence-electron chi connectivity index (χ1n) is 4.89. The van der Waals surface area contributed by atoms with Crippen molar-refractivity contribution in [2.24, 2.45) is 16.8 Å². The number of hydrogen-bond acceptors (Lipinski definition) is 4. The zero-order valence-corrected chi connectivity index (χ0v) is 8.36. The predicted molar refractivity (Wildman–Crippen MR) is 50.5 cm³/mol. The van der Waals surface area contributed by atoms with Gasteiger partial charge in [0.1, 0.15) is 0 Å². The van der Waals surface area contributed by atoms with Gasteiger partial charge in [-0.1, -0.05) is 0 Å². The van der Waals surface area contributed by atoms with Gasteiger partial charge < -0.3 is 4.74 Å². The molecule has 4 nitrogen and oxygen atoms in total. The van der Waals surface area contributed by atoms with Crippen molar-refractivity contribution in [2.45, 2.75) is 25.7 Å². The van der Waals surface area contributed by atoms with E-state index in [0.717, 1.165) is 25.7 Å². The smallest absolute Gasteiger partial charge is 0.308 e. The molecule has 0 aromatic heterocycles. The molecule has 0 heterocycles. The van der Waals surface area contributed by atoms with Crippen molar-refractivity contribution in [1.29, 1.82) is 0 Å². The predicted octanol–water partition coefficient (Wildman–Crippen LogP) is 1.30. The van der Waals surface area contributed by atoms with Crippen LogP contribution in [0.2, 0.25) is 0 Å². The number of esters is 1. The third kappa shape index (κ3) is 2.96. The van der Waals surface area contributed by atoms with Gasteiger partial charge in [-0.3, -0.25) is 4.79 Å². The number of rotatable bonds is 3. The monoisotopic (exact) mass is 197 g/mol. The van der Waals surface area contributed by atoms with Crippen molar-refractivity contribution in [2.75, 3.05) is 13.7 Å². The average molecular weight is 197 g/mol. The standard InChI is InChI=1S/C10H15NO3/c1-14-10(13)9-4-2-8(3-5-9)6-11-7-12/h8-9H,2-6H2,1H3. The van der Waals surface area contributed by atoms with Gasteiger partial charge in [0.15, 0.2) is 0 Å². The molecule has 0 unspecified atom stereocenters. The molecule has 0 atom stereocenters. The first-order valence-corrected chi connectivity index (χ1v) is 4.89. The number of methoxy groups -OCH3 is 1. The fourth-order valence-corrected chi connectivity index (χ4v) is 1.91. The fraction of sp³-hybridized carbons (Fsp3) is 0.800. The first-order chi connectivity index (χ1) is 6.77. The molecule has 1 rings (SSSR count). The van der Waals surface area contributed by atoms with Gasteiger partial charge in [0.2, 0.25) is 6.08 Å². The normalized spacial score (nSPS) is 26.4. The topological polar surface area (TPSA) is 55.7 Å². The molecule has 4 heteroatoms. The highest BCUT2D eigenvalue weighted by molar-refractivity contribution is 5.72. The third-order valence-corrected chi connectivity index (χ3v) is 2.80. The van der Waals surface area contributed by atoms with Crippen LogP contribution in [-0.2, 0) is 14.3 Å². The van der Waals surface area contributed by atoms with Crippen molar-refractivity contribution in [1.82, 2.24) is 0 Å². The lowest BCUT2D eigenvalue weighted by molar-refractivity contribution is -0.146. The summed E-state index contributed by atoms with van der Waals surface area (Å²) in [6.45, 7) is 0.553. The molecule has 1 saturated carbocycles. The number of isocyanates is 1. The van der Waals surface area contributed by atoms with E-state index < -0.39 is 0 Å². The van der Waals surface area contributed by atoms with E-state index in [2.05, 4.69) is 9.73 Å². The largest absolute Gasteiger partial charge is 0.469 e. The van der Waals surface area contributed by atoms with E-state index in [1.54, 1.807) is 6.08 Å². The third-order valence-electron chi connectivity index (χ3n) is 2.80. The highest BCUT2D eigenvalue weighted by atomic mass is 16.5. The molecular formula is C10H15NO3. The Morgan fingerprint density at radius 3 is 2.57 bits per heavy atom. The van der Waals surface area contributed by atoms with E-state index in [-0.39, 0.29) is 11.9 Å². The summed E-state index contributed by atoms with van der Waals surface area (Å²) in [5.74, 6) is 0.385. The molecule has 1 aliphatic carbocycles. The lowest BCUT2D eigenvalue weighted by Gasteiger charge is -2.25. The van der Waals surface area contributed by atoms with Gasteiger partial charge >= 0.3 is 5.97 Å². The Hall–Kier alpha value is -1.15. The number of carbonyl (C=O) groups excluding carboxylic acids is 2. The van der Waals surface area contributed by atoms with Crippen LogP contribution in [0.1, 0.15) is 25.7 Å². The second kappa shape index (κ2) is 5.55. The van der Waals surface area contributed by atoms with Crippen LogP contribution >= 0.6 is 0 Å². The summed E-state index contributed by atoms with van der Waals surface area (Å²) < 4.78 is 4.68. The van der Waals surface area contributed by atoms with Crippen LogP contribution in [0.4, 0.5) is 0 Å². The SMILES string of the molecule is COC(=O)C1CCC(CN=C=O)CC1. The molecular weight excluding hydrogens is 182 g/mol. The Balaban J connectivity index is 2.30. The van der Waals surface area contributed by atoms with Gasteiger partial charge in [-0.25, -0.2) is 9.79 Å². The van der Waals surface area contributed by atoms with Crippen molar-refractivity contribution in [3.63, 3.8) is 0 Å². The average Bonchev–Trinajstić information content (AvgIpc) is 2.26. The Kier molecular flexibility index (Phi) is 4.33. The summed E-state index contributed by atoms with van der Waals surface area (Å²) in [4.78, 5) is 24.6. The quantitative estimate of drug-likeness (QED) is 0.389. The van der Waals surface area contributed by atoms with Crippen LogP contribution in [0, 0.1) is 11.8 Å². The molecule has 0 radical (unpaired) electrons. The van der Waals surface area contributed by atoms with Crippen LogP contribution in [0.5, 0.6) is 0 Å². The summed E-state index contributed by atoms with van der Waals surface area (Å²) in [6, 6.07) is 0. The second-order valence-electron chi connectivity index (χ2n) is 3.67. The molecule has 1 aliphatic rings. The number of hydrogen-bond donors (Lipinski definition) is 0. The maximum absolute atomic E-state index is 11.2. The van der Waals surface area contributed by atoms with E-state index in [1.807, 2.05) is 0 Å². The maximum Gasteiger partial charge on any atom is 0.308 e. The van der Waals surface area contributed by atoms with Crippen molar-refractivity contribution < 1.29 is 14.3 Å². The summed E-state index contributed by atoms with van der Waals surface area (Å²) >= 11 is 0. The minimum Gasteiger partial charge on any atom is -0.469 e. The van der Waals surface area contributed by atoms with Crippen molar-refractivity contribution in [3.8, 4) is 0 Å². The zero-order valence-electron chi connectivity index (χ0n) is 8.36. The highest BCUT2D eigenvalue weighted by Gasteiger charge is 2.26. The molecule has 0 aromatic rings. The molecule has 14 heavy (non-hydrogen) atoms. The van der Waals surface area contributed by atoms with Crippen LogP contribution < -0.4 is 0 Å². The van der Waals surface area contributed by atoms with Gasteiger partial charge in [0.25, 0.3) is 0 Å². The molecule has 0 aromatic carbocycles. The van der Waals surface area contributed by atoms with Gasteiger partial charge in [0, 0.05) is 0 Å². The number of ether oxygens (including phenoxy) is 1.